The Morgan fingerprint density at radius 2 is 2.22 bits per heavy atom. The van der Waals surface area contributed by atoms with Crippen LogP contribution in [0.3, 0.4) is 0 Å². The highest BCUT2D eigenvalue weighted by Crippen LogP contribution is 2.21. The van der Waals surface area contributed by atoms with Crippen molar-refractivity contribution in [2.45, 2.75) is 11.2 Å². The van der Waals surface area contributed by atoms with Crippen LogP contribution in [0.2, 0.25) is 0 Å². The number of aromatic hydroxyl groups is 2. The number of phenols is 2. The zero-order valence-electron chi connectivity index (χ0n) is 10.0. The van der Waals surface area contributed by atoms with Crippen LogP contribution < -0.4 is 5.32 Å². The molecule has 0 heterocycles. The van der Waals surface area contributed by atoms with Gasteiger partial charge in [0.1, 0.15) is 11.5 Å². The summed E-state index contributed by atoms with van der Waals surface area (Å²) in [5, 5.41) is 21.4. The number of halogens is 1. The van der Waals surface area contributed by atoms with Crippen molar-refractivity contribution in [2.24, 2.45) is 0 Å². The molecule has 1 aromatic carbocycles. The molecule has 0 bridgehead atoms. The fraction of sp³-hybridized carbons (Fsp3) is 0.417. The second kappa shape index (κ2) is 7.23. The zero-order chi connectivity index (χ0) is 13.5. The maximum atomic E-state index is 11.7. The predicted molar refractivity (Wildman–Crippen MR) is 71.3 cm³/mol. The third kappa shape index (κ3) is 4.54. The van der Waals surface area contributed by atoms with Gasteiger partial charge in [-0.15, -0.1) is 0 Å². The molecule has 0 radical (unpaired) electrons. The molecule has 0 saturated heterocycles. The summed E-state index contributed by atoms with van der Waals surface area (Å²) in [6.07, 6.45) is 0.707. The molecule has 5 nitrogen and oxygen atoms in total. The molecule has 18 heavy (non-hydrogen) atoms. The molecular weight excluding hydrogens is 302 g/mol. The molecule has 1 aromatic rings. The number of rotatable bonds is 6. The topological polar surface area (TPSA) is 78.8 Å². The number of nitrogens with one attached hydrogen (secondary N) is 1. The van der Waals surface area contributed by atoms with E-state index in [4.69, 9.17) is 4.74 Å². The maximum Gasteiger partial charge on any atom is 0.255 e. The smallest absolute Gasteiger partial charge is 0.255 e. The molecule has 1 rings (SSSR count). The van der Waals surface area contributed by atoms with Gasteiger partial charge in [0, 0.05) is 18.5 Å². The van der Waals surface area contributed by atoms with Gasteiger partial charge in [0.05, 0.1) is 12.2 Å². The van der Waals surface area contributed by atoms with E-state index in [1.54, 1.807) is 7.11 Å². The SMILES string of the molecule is COCC(Br)CCNC(=O)c1cc(O)ccc1O. The Labute approximate surface area is 114 Å². The molecule has 1 amide bonds. The predicted octanol–water partition coefficient (Wildman–Crippen LogP) is 1.63. The Bertz CT molecular complexity index is 411. The monoisotopic (exact) mass is 317 g/mol. The Morgan fingerprint density at radius 1 is 1.50 bits per heavy atom. The highest BCUT2D eigenvalue weighted by atomic mass is 79.9. The van der Waals surface area contributed by atoms with Crippen LogP contribution in [0.25, 0.3) is 0 Å². The standard InChI is InChI=1S/C12H16BrNO4/c1-18-7-8(13)4-5-14-12(17)10-6-9(15)2-3-11(10)16/h2-3,6,8,15-16H,4-5,7H2,1H3,(H,14,17). The third-order valence-electron chi connectivity index (χ3n) is 2.32. The first kappa shape index (κ1) is 14.8. The second-order valence-corrected chi connectivity index (χ2v) is 5.09. The minimum Gasteiger partial charge on any atom is -0.508 e. The average molecular weight is 318 g/mol. The van der Waals surface area contributed by atoms with Gasteiger partial charge in [-0.1, -0.05) is 15.9 Å². The van der Waals surface area contributed by atoms with Gasteiger partial charge in [0.25, 0.3) is 5.91 Å². The van der Waals surface area contributed by atoms with Crippen LogP contribution in [0.1, 0.15) is 16.8 Å². The Hall–Kier alpha value is -1.27. The van der Waals surface area contributed by atoms with E-state index in [1.165, 1.54) is 18.2 Å². The normalized spacial score (nSPS) is 12.1. The largest absolute Gasteiger partial charge is 0.508 e. The lowest BCUT2D eigenvalue weighted by atomic mass is 10.1. The summed E-state index contributed by atoms with van der Waals surface area (Å²) in [6.45, 7) is 1.01. The van der Waals surface area contributed by atoms with E-state index < -0.39 is 5.91 Å². The van der Waals surface area contributed by atoms with Crippen LogP contribution in [0.5, 0.6) is 11.5 Å². The summed E-state index contributed by atoms with van der Waals surface area (Å²) >= 11 is 3.40. The molecule has 1 unspecified atom stereocenters. The van der Waals surface area contributed by atoms with Crippen molar-refractivity contribution in [1.29, 1.82) is 0 Å². The van der Waals surface area contributed by atoms with E-state index >= 15 is 0 Å². The number of carbonyl (C=O) groups is 1. The summed E-state index contributed by atoms with van der Waals surface area (Å²) in [4.78, 5) is 11.9. The number of methoxy groups -OCH3 is 1. The van der Waals surface area contributed by atoms with Gasteiger partial charge in [-0.3, -0.25) is 4.79 Å². The molecule has 0 aliphatic rings. The van der Waals surface area contributed by atoms with Crippen molar-refractivity contribution >= 4 is 21.8 Å². The average Bonchev–Trinajstić information content (AvgIpc) is 2.32. The minimum atomic E-state index is -0.416. The first-order chi connectivity index (χ1) is 8.54. The Kier molecular flexibility index (Phi) is 5.94. The maximum absolute atomic E-state index is 11.7. The van der Waals surface area contributed by atoms with Gasteiger partial charge in [-0.25, -0.2) is 0 Å². The number of amides is 1. The number of hydrogen-bond donors (Lipinski definition) is 3. The molecule has 1 atom stereocenters. The van der Waals surface area contributed by atoms with Crippen molar-refractivity contribution in [3.8, 4) is 11.5 Å². The van der Waals surface area contributed by atoms with Gasteiger partial charge in [-0.05, 0) is 24.6 Å². The summed E-state index contributed by atoms with van der Waals surface area (Å²) in [6, 6.07) is 3.83. The van der Waals surface area contributed by atoms with Crippen molar-refractivity contribution in [3.05, 3.63) is 23.8 Å². The van der Waals surface area contributed by atoms with Crippen molar-refractivity contribution < 1.29 is 19.7 Å². The summed E-state index contributed by atoms with van der Waals surface area (Å²) in [5.41, 5.74) is 0.0628. The van der Waals surface area contributed by atoms with Crippen molar-refractivity contribution in [3.63, 3.8) is 0 Å². The van der Waals surface area contributed by atoms with E-state index in [2.05, 4.69) is 21.2 Å². The molecule has 100 valence electrons. The molecule has 0 spiro atoms. The summed E-state index contributed by atoms with van der Waals surface area (Å²) in [5.74, 6) is -0.631. The number of hydrogen-bond acceptors (Lipinski definition) is 4. The zero-order valence-corrected chi connectivity index (χ0v) is 11.6. The highest BCUT2D eigenvalue weighted by molar-refractivity contribution is 9.09. The van der Waals surface area contributed by atoms with E-state index in [0.29, 0.717) is 19.6 Å². The van der Waals surface area contributed by atoms with Gasteiger partial charge in [0.2, 0.25) is 0 Å². The van der Waals surface area contributed by atoms with E-state index in [9.17, 15) is 15.0 Å². The molecular formula is C12H16BrNO4. The fourth-order valence-electron chi connectivity index (χ4n) is 1.41. The summed E-state index contributed by atoms with van der Waals surface area (Å²) in [7, 11) is 1.61. The first-order valence-corrected chi connectivity index (χ1v) is 6.39. The lowest BCUT2D eigenvalue weighted by molar-refractivity contribution is 0.0949. The minimum absolute atomic E-state index is 0.0595. The first-order valence-electron chi connectivity index (χ1n) is 5.47. The Balaban J connectivity index is 2.48. The molecule has 0 aliphatic carbocycles. The molecule has 0 saturated carbocycles. The number of phenolic OH excluding ortho intramolecular Hbond substituents is 2. The van der Waals surface area contributed by atoms with Crippen LogP contribution in [-0.4, -0.2) is 41.2 Å². The van der Waals surface area contributed by atoms with Crippen LogP contribution >= 0.6 is 15.9 Å². The number of carbonyl (C=O) groups excluding carboxylic acids is 1. The van der Waals surface area contributed by atoms with Crippen molar-refractivity contribution in [1.82, 2.24) is 5.32 Å². The van der Waals surface area contributed by atoms with Crippen LogP contribution in [0.15, 0.2) is 18.2 Å². The van der Waals surface area contributed by atoms with Gasteiger partial charge in [0.15, 0.2) is 0 Å². The van der Waals surface area contributed by atoms with E-state index in [1.807, 2.05) is 0 Å². The Morgan fingerprint density at radius 3 is 2.89 bits per heavy atom. The lowest BCUT2D eigenvalue weighted by Gasteiger charge is -2.10. The summed E-state index contributed by atoms with van der Waals surface area (Å²) < 4.78 is 4.95. The molecule has 6 heteroatoms. The van der Waals surface area contributed by atoms with Gasteiger partial charge >= 0.3 is 0 Å². The number of alkyl halides is 1. The molecule has 3 N–H and O–H groups in total. The van der Waals surface area contributed by atoms with E-state index in [-0.39, 0.29) is 21.9 Å². The number of ether oxygens (including phenoxy) is 1. The van der Waals surface area contributed by atoms with E-state index in [0.717, 1.165) is 0 Å². The molecule has 0 aromatic heterocycles. The lowest BCUT2D eigenvalue weighted by Crippen LogP contribution is -2.26. The quantitative estimate of drug-likeness (QED) is 0.550. The fourth-order valence-corrected chi connectivity index (χ4v) is 1.90. The van der Waals surface area contributed by atoms with Gasteiger partial charge < -0.3 is 20.3 Å². The van der Waals surface area contributed by atoms with Crippen LogP contribution in [0.4, 0.5) is 0 Å². The second-order valence-electron chi connectivity index (χ2n) is 3.80. The van der Waals surface area contributed by atoms with Crippen LogP contribution in [-0.2, 0) is 4.74 Å². The molecule has 0 aliphatic heterocycles. The van der Waals surface area contributed by atoms with Gasteiger partial charge in [-0.2, -0.15) is 0 Å². The highest BCUT2D eigenvalue weighted by Gasteiger charge is 2.12. The third-order valence-corrected chi connectivity index (χ3v) is 3.04. The molecule has 0 fully saturated rings. The number of benzene rings is 1. The van der Waals surface area contributed by atoms with Crippen LogP contribution in [0, 0.1) is 0 Å². The van der Waals surface area contributed by atoms with Crippen molar-refractivity contribution in [2.75, 3.05) is 20.3 Å².